The third-order valence-corrected chi connectivity index (χ3v) is 2.95. The minimum Gasteiger partial charge on any atom is -0.372 e. The lowest BCUT2D eigenvalue weighted by molar-refractivity contribution is -0.124. The molecule has 0 radical (unpaired) electrons. The lowest BCUT2D eigenvalue weighted by Gasteiger charge is -2.22. The molecule has 88 valence electrons. The van der Waals surface area contributed by atoms with Crippen LogP contribution in [0.25, 0.3) is 0 Å². The van der Waals surface area contributed by atoms with Crippen molar-refractivity contribution in [3.63, 3.8) is 0 Å². The Morgan fingerprint density at radius 3 is 2.94 bits per heavy atom. The van der Waals surface area contributed by atoms with Crippen LogP contribution in [0.3, 0.4) is 0 Å². The monoisotopic (exact) mass is 224 g/mol. The predicted molar refractivity (Wildman–Crippen MR) is 58.1 cm³/mol. The van der Waals surface area contributed by atoms with Crippen LogP contribution < -0.4 is 5.32 Å². The van der Waals surface area contributed by atoms with Crippen LogP contribution >= 0.6 is 0 Å². The fraction of sp³-hybridized carbons (Fsp3) is 0.700. The number of amides is 1. The summed E-state index contributed by atoms with van der Waals surface area (Å²) in [5, 5.41) is 9.40. The molecule has 1 unspecified atom stereocenters. The van der Waals surface area contributed by atoms with Gasteiger partial charge in [-0.1, -0.05) is 6.42 Å². The predicted octanol–water partition coefficient (Wildman–Crippen LogP) is 1.05. The van der Waals surface area contributed by atoms with E-state index < -0.39 is 6.10 Å². The van der Waals surface area contributed by atoms with Gasteiger partial charge in [0.25, 0.3) is 5.91 Å². The molecule has 1 saturated carbocycles. The third-order valence-electron chi connectivity index (χ3n) is 2.95. The number of aromatic amines is 1. The Balaban J connectivity index is 1.94. The average Bonchev–Trinajstić information content (AvgIpc) is 2.62. The van der Waals surface area contributed by atoms with Gasteiger partial charge in [0.15, 0.2) is 0 Å². The van der Waals surface area contributed by atoms with Crippen molar-refractivity contribution in [3.8, 4) is 0 Å². The van der Waals surface area contributed by atoms with Gasteiger partial charge in [-0.05, 0) is 19.8 Å². The molecule has 0 aliphatic heterocycles. The van der Waals surface area contributed by atoms with E-state index in [9.17, 15) is 4.79 Å². The number of rotatable bonds is 4. The zero-order valence-electron chi connectivity index (χ0n) is 9.49. The summed E-state index contributed by atoms with van der Waals surface area (Å²) in [4.78, 5) is 15.7. The van der Waals surface area contributed by atoms with Gasteiger partial charge < -0.3 is 4.74 Å². The van der Waals surface area contributed by atoms with Crippen LogP contribution in [0.2, 0.25) is 0 Å². The van der Waals surface area contributed by atoms with Gasteiger partial charge in [0.1, 0.15) is 11.9 Å². The van der Waals surface area contributed by atoms with E-state index in [1.165, 1.54) is 13.5 Å². The minimum absolute atomic E-state index is 0.235. The molecule has 0 aromatic carbocycles. The second kappa shape index (κ2) is 4.61. The number of ether oxygens (including phenoxy) is 1. The summed E-state index contributed by atoms with van der Waals surface area (Å²) in [6.07, 6.45) is 3.05. The molecule has 6 nitrogen and oxygen atoms in total. The average molecular weight is 224 g/mol. The van der Waals surface area contributed by atoms with Crippen molar-refractivity contribution in [1.82, 2.24) is 15.2 Å². The molecule has 1 amide bonds. The summed E-state index contributed by atoms with van der Waals surface area (Å²) in [6, 6.07) is 0. The molecule has 1 fully saturated rings. The number of carbonyl (C=O) groups is 1. The third kappa shape index (κ3) is 2.21. The molecule has 1 aromatic rings. The molecule has 0 saturated heterocycles. The van der Waals surface area contributed by atoms with E-state index in [1.807, 2.05) is 0 Å². The normalized spacial score (nSPS) is 17.9. The molecule has 1 aliphatic rings. The van der Waals surface area contributed by atoms with E-state index in [1.54, 1.807) is 6.92 Å². The number of aromatic nitrogens is 3. The first kappa shape index (κ1) is 11.1. The molecule has 16 heavy (non-hydrogen) atoms. The number of carbonyl (C=O) groups excluding carboxylic acids is 1. The largest absolute Gasteiger partial charge is 0.372 e. The van der Waals surface area contributed by atoms with Crippen molar-refractivity contribution in [1.29, 1.82) is 0 Å². The molecule has 2 N–H and O–H groups in total. The molecular weight excluding hydrogens is 208 g/mol. The maximum Gasteiger partial charge on any atom is 0.255 e. The Morgan fingerprint density at radius 2 is 2.38 bits per heavy atom. The SMILES string of the molecule is COC(C)C(=O)Nc1n[nH]c(C2CCC2)n1. The van der Waals surface area contributed by atoms with Crippen molar-refractivity contribution in [2.24, 2.45) is 0 Å². The highest BCUT2D eigenvalue weighted by molar-refractivity contribution is 5.92. The van der Waals surface area contributed by atoms with Gasteiger partial charge in [0, 0.05) is 13.0 Å². The van der Waals surface area contributed by atoms with Gasteiger partial charge in [-0.25, -0.2) is 0 Å². The van der Waals surface area contributed by atoms with Gasteiger partial charge in [-0.3, -0.25) is 15.2 Å². The molecule has 0 bridgehead atoms. The van der Waals surface area contributed by atoms with Crippen molar-refractivity contribution in [3.05, 3.63) is 5.82 Å². The van der Waals surface area contributed by atoms with Gasteiger partial charge in [0.05, 0.1) is 0 Å². The summed E-state index contributed by atoms with van der Waals surface area (Å²) in [5.74, 6) is 1.45. The number of nitrogens with one attached hydrogen (secondary N) is 2. The first-order valence-corrected chi connectivity index (χ1v) is 5.46. The lowest BCUT2D eigenvalue weighted by atomic mass is 9.85. The van der Waals surface area contributed by atoms with Crippen LogP contribution in [0.5, 0.6) is 0 Å². The number of methoxy groups -OCH3 is 1. The summed E-state index contributed by atoms with van der Waals surface area (Å²) < 4.78 is 4.89. The van der Waals surface area contributed by atoms with E-state index in [-0.39, 0.29) is 5.91 Å². The van der Waals surface area contributed by atoms with Crippen molar-refractivity contribution in [2.75, 3.05) is 12.4 Å². The quantitative estimate of drug-likeness (QED) is 0.801. The molecular formula is C10H16N4O2. The summed E-state index contributed by atoms with van der Waals surface area (Å²) in [7, 11) is 1.49. The maximum atomic E-state index is 11.5. The highest BCUT2D eigenvalue weighted by atomic mass is 16.5. The standard InChI is InChI=1S/C10H16N4O2/c1-6(16-2)9(15)12-10-11-8(13-14-10)7-4-3-5-7/h6-7H,3-5H2,1-2H3,(H2,11,12,13,14,15). The van der Waals surface area contributed by atoms with Crippen molar-refractivity contribution < 1.29 is 9.53 Å². The number of nitrogens with zero attached hydrogens (tertiary/aromatic N) is 2. The Labute approximate surface area is 93.8 Å². The van der Waals surface area contributed by atoms with Gasteiger partial charge in [0.2, 0.25) is 5.95 Å². The molecule has 2 rings (SSSR count). The Bertz CT molecular complexity index is 373. The summed E-state index contributed by atoms with van der Waals surface area (Å²) in [6.45, 7) is 1.68. The smallest absolute Gasteiger partial charge is 0.255 e. The van der Waals surface area contributed by atoms with Gasteiger partial charge in [-0.2, -0.15) is 4.98 Å². The van der Waals surface area contributed by atoms with Gasteiger partial charge in [-0.15, -0.1) is 5.10 Å². The van der Waals surface area contributed by atoms with E-state index >= 15 is 0 Å². The lowest BCUT2D eigenvalue weighted by Crippen LogP contribution is -2.27. The van der Waals surface area contributed by atoms with Crippen LogP contribution in [0.15, 0.2) is 0 Å². The van der Waals surface area contributed by atoms with E-state index in [2.05, 4.69) is 20.5 Å². The van der Waals surface area contributed by atoms with Crippen LogP contribution in [-0.4, -0.2) is 34.3 Å². The first-order chi connectivity index (χ1) is 7.70. The van der Waals surface area contributed by atoms with E-state index in [0.29, 0.717) is 11.9 Å². The Morgan fingerprint density at radius 1 is 1.62 bits per heavy atom. The molecule has 1 heterocycles. The van der Waals surface area contributed by atoms with Crippen molar-refractivity contribution in [2.45, 2.75) is 38.2 Å². The fourth-order valence-corrected chi connectivity index (χ4v) is 1.51. The van der Waals surface area contributed by atoms with Crippen LogP contribution in [0.4, 0.5) is 5.95 Å². The van der Waals surface area contributed by atoms with Crippen LogP contribution in [-0.2, 0) is 9.53 Å². The summed E-state index contributed by atoms with van der Waals surface area (Å²) >= 11 is 0. The second-order valence-electron chi connectivity index (χ2n) is 4.04. The molecule has 1 aliphatic carbocycles. The minimum atomic E-state index is -0.495. The second-order valence-corrected chi connectivity index (χ2v) is 4.04. The first-order valence-electron chi connectivity index (χ1n) is 5.46. The van der Waals surface area contributed by atoms with Gasteiger partial charge >= 0.3 is 0 Å². The van der Waals surface area contributed by atoms with Crippen LogP contribution in [0, 0.1) is 0 Å². The number of hydrogen-bond donors (Lipinski definition) is 2. The van der Waals surface area contributed by atoms with E-state index in [4.69, 9.17) is 4.74 Å². The maximum absolute atomic E-state index is 11.5. The molecule has 1 aromatic heterocycles. The highest BCUT2D eigenvalue weighted by Gasteiger charge is 2.23. The zero-order chi connectivity index (χ0) is 11.5. The zero-order valence-corrected chi connectivity index (χ0v) is 9.49. The number of hydrogen-bond acceptors (Lipinski definition) is 4. The highest BCUT2D eigenvalue weighted by Crippen LogP contribution is 2.34. The Kier molecular flexibility index (Phi) is 3.19. The molecule has 0 spiro atoms. The summed E-state index contributed by atoms with van der Waals surface area (Å²) in [5.41, 5.74) is 0. The molecule has 1 atom stereocenters. The number of H-pyrrole nitrogens is 1. The molecule has 6 heteroatoms. The Hall–Kier alpha value is -1.43. The van der Waals surface area contributed by atoms with Crippen molar-refractivity contribution >= 4 is 11.9 Å². The number of anilines is 1. The van der Waals surface area contributed by atoms with E-state index in [0.717, 1.165) is 18.7 Å². The fourth-order valence-electron chi connectivity index (χ4n) is 1.51. The van der Waals surface area contributed by atoms with Crippen LogP contribution in [0.1, 0.15) is 37.9 Å². The topological polar surface area (TPSA) is 79.9 Å².